The number of aryl methyl sites for hydroxylation is 1. The summed E-state index contributed by atoms with van der Waals surface area (Å²) in [7, 11) is 1.60. The molecule has 0 saturated heterocycles. The third-order valence-corrected chi connectivity index (χ3v) is 3.96. The number of esters is 1. The predicted molar refractivity (Wildman–Crippen MR) is 94.4 cm³/mol. The minimum absolute atomic E-state index is 0.242. The molecular weight excluding hydrogens is 326 g/mol. The molecule has 0 bridgehead atoms. The predicted octanol–water partition coefficient (Wildman–Crippen LogP) is 4.26. The van der Waals surface area contributed by atoms with Crippen molar-refractivity contribution in [1.29, 1.82) is 0 Å². The molecule has 5 heteroatoms. The second-order valence-corrected chi connectivity index (χ2v) is 5.71. The van der Waals surface area contributed by atoms with Gasteiger partial charge < -0.3 is 9.47 Å². The first kappa shape index (κ1) is 16.3. The van der Waals surface area contributed by atoms with E-state index < -0.39 is 5.97 Å². The molecule has 0 fully saturated rings. The molecule has 2 aromatic carbocycles. The summed E-state index contributed by atoms with van der Waals surface area (Å²) in [5.74, 6) is 0.472. The highest BCUT2D eigenvalue weighted by molar-refractivity contribution is 6.30. The average molecular weight is 342 g/mol. The molecule has 0 atom stereocenters. The van der Waals surface area contributed by atoms with Gasteiger partial charge in [-0.1, -0.05) is 24.6 Å². The number of carbonyl (C=O) groups excluding carboxylic acids is 1. The average Bonchev–Trinajstić information content (AvgIpc) is 2.96. The van der Waals surface area contributed by atoms with E-state index >= 15 is 0 Å². The number of nitrogens with zero attached hydrogens (tertiary/aromatic N) is 1. The van der Waals surface area contributed by atoms with E-state index in [0.29, 0.717) is 16.3 Å². The van der Waals surface area contributed by atoms with Crippen LogP contribution in [0.5, 0.6) is 5.75 Å². The van der Waals surface area contributed by atoms with Gasteiger partial charge in [-0.25, -0.2) is 9.79 Å². The highest BCUT2D eigenvalue weighted by Crippen LogP contribution is 2.26. The summed E-state index contributed by atoms with van der Waals surface area (Å²) in [6, 6.07) is 12.8. The molecule has 1 aliphatic heterocycles. The molecule has 24 heavy (non-hydrogen) atoms. The van der Waals surface area contributed by atoms with Crippen molar-refractivity contribution in [2.75, 3.05) is 7.11 Å². The van der Waals surface area contributed by atoms with Crippen molar-refractivity contribution in [1.82, 2.24) is 0 Å². The summed E-state index contributed by atoms with van der Waals surface area (Å²) in [6.07, 6.45) is 2.58. The topological polar surface area (TPSA) is 47.9 Å². The van der Waals surface area contributed by atoms with E-state index in [1.165, 1.54) is 0 Å². The number of methoxy groups -OCH3 is 1. The molecular formula is C19H16ClNO3. The second kappa shape index (κ2) is 6.89. The lowest BCUT2D eigenvalue weighted by Crippen LogP contribution is -2.05. The normalized spacial score (nSPS) is 15.4. The van der Waals surface area contributed by atoms with Gasteiger partial charge in [0.05, 0.1) is 7.11 Å². The molecule has 0 radical (unpaired) electrons. The van der Waals surface area contributed by atoms with Crippen molar-refractivity contribution in [2.45, 2.75) is 13.3 Å². The van der Waals surface area contributed by atoms with Crippen LogP contribution in [0, 0.1) is 0 Å². The van der Waals surface area contributed by atoms with Crippen LogP contribution in [-0.2, 0) is 16.0 Å². The Labute approximate surface area is 145 Å². The van der Waals surface area contributed by atoms with Gasteiger partial charge in [0, 0.05) is 16.1 Å². The SMILES string of the molecule is CCc1ccc(OC)c(/C=C2/N=C(c3ccc(Cl)cc3)OC2=O)c1. The summed E-state index contributed by atoms with van der Waals surface area (Å²) in [5, 5.41) is 0.612. The summed E-state index contributed by atoms with van der Waals surface area (Å²) in [4.78, 5) is 16.4. The van der Waals surface area contributed by atoms with Crippen LogP contribution in [0.25, 0.3) is 6.08 Å². The molecule has 0 saturated carbocycles. The first-order valence-electron chi connectivity index (χ1n) is 7.56. The zero-order valence-electron chi connectivity index (χ0n) is 13.4. The van der Waals surface area contributed by atoms with Gasteiger partial charge in [-0.3, -0.25) is 0 Å². The maximum Gasteiger partial charge on any atom is 0.363 e. The molecule has 122 valence electrons. The number of cyclic esters (lactones) is 1. The molecule has 1 aliphatic rings. The van der Waals surface area contributed by atoms with Crippen LogP contribution < -0.4 is 4.74 Å². The fourth-order valence-electron chi connectivity index (χ4n) is 2.39. The third-order valence-electron chi connectivity index (χ3n) is 3.71. The Morgan fingerprint density at radius 3 is 2.62 bits per heavy atom. The maximum absolute atomic E-state index is 12.1. The van der Waals surface area contributed by atoms with E-state index in [1.807, 2.05) is 18.2 Å². The van der Waals surface area contributed by atoms with E-state index in [2.05, 4.69) is 11.9 Å². The van der Waals surface area contributed by atoms with Crippen LogP contribution in [0.4, 0.5) is 0 Å². The van der Waals surface area contributed by atoms with Crippen LogP contribution >= 0.6 is 11.6 Å². The van der Waals surface area contributed by atoms with E-state index in [0.717, 1.165) is 17.5 Å². The summed E-state index contributed by atoms with van der Waals surface area (Å²) < 4.78 is 10.6. The van der Waals surface area contributed by atoms with E-state index in [4.69, 9.17) is 21.1 Å². The quantitative estimate of drug-likeness (QED) is 0.616. The Morgan fingerprint density at radius 2 is 1.96 bits per heavy atom. The lowest BCUT2D eigenvalue weighted by atomic mass is 10.1. The molecule has 1 heterocycles. The van der Waals surface area contributed by atoms with Crippen molar-refractivity contribution in [2.24, 2.45) is 4.99 Å². The van der Waals surface area contributed by atoms with E-state index in [1.54, 1.807) is 37.5 Å². The molecule has 0 aromatic heterocycles. The molecule has 0 amide bonds. The Hall–Kier alpha value is -2.59. The Morgan fingerprint density at radius 1 is 1.21 bits per heavy atom. The summed E-state index contributed by atoms with van der Waals surface area (Å²) in [6.45, 7) is 2.07. The van der Waals surface area contributed by atoms with E-state index in [-0.39, 0.29) is 11.6 Å². The van der Waals surface area contributed by atoms with Gasteiger partial charge in [0.15, 0.2) is 5.70 Å². The number of hydrogen-bond donors (Lipinski definition) is 0. The molecule has 3 rings (SSSR count). The number of halogens is 1. The van der Waals surface area contributed by atoms with Gasteiger partial charge in [-0.05, 0) is 54.5 Å². The van der Waals surface area contributed by atoms with Gasteiger partial charge in [0.1, 0.15) is 5.75 Å². The van der Waals surface area contributed by atoms with Crippen molar-refractivity contribution < 1.29 is 14.3 Å². The highest BCUT2D eigenvalue weighted by Gasteiger charge is 2.24. The van der Waals surface area contributed by atoms with Crippen LogP contribution in [-0.4, -0.2) is 19.0 Å². The lowest BCUT2D eigenvalue weighted by Gasteiger charge is -2.06. The van der Waals surface area contributed by atoms with E-state index in [9.17, 15) is 4.79 Å². The molecule has 4 nitrogen and oxygen atoms in total. The number of rotatable bonds is 4. The van der Waals surface area contributed by atoms with Gasteiger partial charge in [0.25, 0.3) is 0 Å². The largest absolute Gasteiger partial charge is 0.496 e. The minimum Gasteiger partial charge on any atom is -0.496 e. The first-order valence-corrected chi connectivity index (χ1v) is 7.94. The molecule has 0 spiro atoms. The first-order chi connectivity index (χ1) is 11.6. The number of hydrogen-bond acceptors (Lipinski definition) is 4. The van der Waals surface area contributed by atoms with Crippen LogP contribution in [0.2, 0.25) is 5.02 Å². The molecule has 0 aliphatic carbocycles. The zero-order chi connectivity index (χ0) is 17.1. The highest BCUT2D eigenvalue weighted by atomic mass is 35.5. The fourth-order valence-corrected chi connectivity index (χ4v) is 2.51. The Bertz CT molecular complexity index is 838. The number of carbonyl (C=O) groups is 1. The van der Waals surface area contributed by atoms with Crippen LogP contribution in [0.15, 0.2) is 53.2 Å². The Kier molecular flexibility index (Phi) is 4.67. The monoisotopic (exact) mass is 341 g/mol. The van der Waals surface area contributed by atoms with Crippen LogP contribution in [0.3, 0.4) is 0 Å². The van der Waals surface area contributed by atoms with Crippen molar-refractivity contribution in [3.63, 3.8) is 0 Å². The van der Waals surface area contributed by atoms with Crippen molar-refractivity contribution in [3.05, 3.63) is 69.9 Å². The van der Waals surface area contributed by atoms with Crippen molar-refractivity contribution >= 4 is 29.5 Å². The maximum atomic E-state index is 12.1. The van der Waals surface area contributed by atoms with Gasteiger partial charge >= 0.3 is 5.97 Å². The fraction of sp³-hybridized carbons (Fsp3) is 0.158. The molecule has 2 aromatic rings. The van der Waals surface area contributed by atoms with Gasteiger partial charge in [-0.15, -0.1) is 0 Å². The Balaban J connectivity index is 1.98. The van der Waals surface area contributed by atoms with Crippen LogP contribution in [0.1, 0.15) is 23.6 Å². The standard InChI is InChI=1S/C19H16ClNO3/c1-3-12-4-9-17(23-2)14(10-12)11-16-19(22)24-18(21-16)13-5-7-15(20)8-6-13/h4-11H,3H2,1-2H3/b16-11+. The summed E-state index contributed by atoms with van der Waals surface area (Å²) >= 11 is 5.87. The van der Waals surface area contributed by atoms with Gasteiger partial charge in [-0.2, -0.15) is 0 Å². The smallest absolute Gasteiger partial charge is 0.363 e. The lowest BCUT2D eigenvalue weighted by molar-refractivity contribution is -0.129. The second-order valence-electron chi connectivity index (χ2n) is 5.27. The third kappa shape index (κ3) is 3.34. The summed E-state index contributed by atoms with van der Waals surface area (Å²) in [5.41, 5.74) is 2.89. The number of ether oxygens (including phenoxy) is 2. The zero-order valence-corrected chi connectivity index (χ0v) is 14.1. The van der Waals surface area contributed by atoms with Gasteiger partial charge in [0.2, 0.25) is 5.90 Å². The number of benzene rings is 2. The molecule has 0 N–H and O–H groups in total. The van der Waals surface area contributed by atoms with Crippen molar-refractivity contribution in [3.8, 4) is 5.75 Å². The number of aliphatic imine (C=N–C) groups is 1. The molecule has 0 unspecified atom stereocenters. The minimum atomic E-state index is -0.482.